The molecule has 27 heavy (non-hydrogen) atoms. The van der Waals surface area contributed by atoms with Crippen LogP contribution < -0.4 is 4.43 Å². The highest BCUT2D eigenvalue weighted by Gasteiger charge is 2.47. The van der Waals surface area contributed by atoms with Gasteiger partial charge in [-0.25, -0.2) is 0 Å². The monoisotopic (exact) mass is 447 g/mol. The molecule has 2 rings (SSSR count). The molecule has 0 bridgehead atoms. The molecule has 3 nitrogen and oxygen atoms in total. The highest BCUT2D eigenvalue weighted by molar-refractivity contribution is 9.10. The fourth-order valence-corrected chi connectivity index (χ4v) is 10.0. The Hall–Kier alpha value is -1.46. The van der Waals surface area contributed by atoms with Crippen molar-refractivity contribution >= 4 is 30.5 Å². The number of alkyl halides is 1. The molecule has 0 aliphatic rings. The molecule has 2 aromatic rings. The highest BCUT2D eigenvalue weighted by atomic mass is 79.9. The minimum Gasteiger partial charge on any atom is -0.543 e. The van der Waals surface area contributed by atoms with Gasteiger partial charge in [-0.2, -0.15) is 0 Å². The summed E-state index contributed by atoms with van der Waals surface area (Å²) in [4.78, 5) is 16.0. The van der Waals surface area contributed by atoms with Crippen LogP contribution in [0.25, 0.3) is 0 Å². The van der Waals surface area contributed by atoms with E-state index in [0.717, 1.165) is 23.2 Å². The maximum Gasteiger partial charge on any atom is 0.258 e. The summed E-state index contributed by atoms with van der Waals surface area (Å²) in [6, 6.07) is 11.6. The van der Waals surface area contributed by atoms with Crippen LogP contribution in [0.15, 0.2) is 48.8 Å². The van der Waals surface area contributed by atoms with E-state index < -0.39 is 12.6 Å². The Morgan fingerprint density at radius 2 is 1.33 bits per heavy atom. The highest BCUT2D eigenvalue weighted by Crippen LogP contribution is 2.43. The Morgan fingerprint density at radius 3 is 1.74 bits per heavy atom. The van der Waals surface area contributed by atoms with E-state index in [9.17, 15) is 4.79 Å². The molecule has 0 saturated heterocycles. The van der Waals surface area contributed by atoms with Crippen LogP contribution in [0.5, 0.6) is 5.75 Å². The molecule has 146 valence electrons. The van der Waals surface area contributed by atoms with Crippen LogP contribution in [0.2, 0.25) is 16.6 Å². The molecule has 0 aliphatic heterocycles. The van der Waals surface area contributed by atoms with Crippen LogP contribution in [-0.4, -0.2) is 19.6 Å². The molecule has 0 amide bonds. The average molecular weight is 448 g/mol. The number of pyridine rings is 1. The molecular weight excluding hydrogens is 418 g/mol. The van der Waals surface area contributed by atoms with Crippen molar-refractivity contribution in [2.45, 2.75) is 62.5 Å². The van der Waals surface area contributed by atoms with E-state index in [1.807, 2.05) is 36.4 Å². The maximum atomic E-state index is 11.9. The first-order chi connectivity index (χ1) is 12.7. The first-order valence-corrected chi connectivity index (χ1v) is 12.5. The number of rotatable bonds is 8. The Labute approximate surface area is 172 Å². The fourth-order valence-electron chi connectivity index (χ4n) is 4.22. The van der Waals surface area contributed by atoms with E-state index in [0.29, 0.717) is 16.6 Å². The van der Waals surface area contributed by atoms with E-state index in [4.69, 9.17) is 4.43 Å². The quantitative estimate of drug-likeness (QED) is 0.264. The van der Waals surface area contributed by atoms with E-state index in [-0.39, 0.29) is 0 Å². The summed E-state index contributed by atoms with van der Waals surface area (Å²) in [7, 11) is -1.99. The second kappa shape index (κ2) is 8.70. The van der Waals surface area contributed by atoms with Gasteiger partial charge in [0.05, 0.1) is 0 Å². The lowest BCUT2D eigenvalue weighted by molar-refractivity contribution is -0.109. The lowest BCUT2D eigenvalue weighted by atomic mass is 9.93. The van der Waals surface area contributed by atoms with E-state index in [1.54, 1.807) is 12.4 Å². The van der Waals surface area contributed by atoms with Crippen LogP contribution in [-0.2, 0) is 9.12 Å². The minimum atomic E-state index is -1.99. The first-order valence-electron chi connectivity index (χ1n) is 9.53. The molecule has 1 aromatic heterocycles. The lowest BCUT2D eigenvalue weighted by Gasteiger charge is -2.42. The molecule has 1 heterocycles. The molecule has 0 spiro atoms. The van der Waals surface area contributed by atoms with Crippen LogP contribution in [0, 0.1) is 0 Å². The van der Waals surface area contributed by atoms with Crippen molar-refractivity contribution in [3.63, 3.8) is 0 Å². The van der Waals surface area contributed by atoms with Crippen molar-refractivity contribution < 1.29 is 9.22 Å². The number of nitrogens with zero attached hydrogens (tertiary/aromatic N) is 1. The number of aromatic nitrogens is 1. The number of halogens is 1. The molecular formula is C22H30BrNO2Si. The van der Waals surface area contributed by atoms with Crippen molar-refractivity contribution in [1.82, 2.24) is 4.98 Å². The molecule has 1 unspecified atom stereocenters. The van der Waals surface area contributed by atoms with Crippen LogP contribution in [0.3, 0.4) is 0 Å². The standard InChI is InChI=1S/C22H30BrNO2Si/c1-16(2)27(17(3)4,18(5)6)26-21-9-7-19(8-10-21)22(23,15-25)20-11-13-24-14-12-20/h7-18H,1-6H3. The predicted molar refractivity (Wildman–Crippen MR) is 118 cm³/mol. The van der Waals surface area contributed by atoms with Gasteiger partial charge in [0, 0.05) is 12.4 Å². The first kappa shape index (κ1) is 21.8. The largest absolute Gasteiger partial charge is 0.543 e. The van der Waals surface area contributed by atoms with Gasteiger partial charge in [0.15, 0.2) is 0 Å². The summed E-state index contributed by atoms with van der Waals surface area (Å²) in [6.45, 7) is 13.7. The van der Waals surface area contributed by atoms with Gasteiger partial charge in [-0.3, -0.25) is 4.98 Å². The minimum absolute atomic E-state index is 0.513. The summed E-state index contributed by atoms with van der Waals surface area (Å²) >= 11 is 3.63. The van der Waals surface area contributed by atoms with Gasteiger partial charge in [0.1, 0.15) is 16.4 Å². The maximum absolute atomic E-state index is 11.9. The number of carbonyl (C=O) groups is 1. The zero-order chi connectivity index (χ0) is 20.2. The number of hydrogen-bond acceptors (Lipinski definition) is 3. The Bertz CT molecular complexity index is 725. The van der Waals surface area contributed by atoms with Crippen LogP contribution in [0.4, 0.5) is 0 Å². The Balaban J connectivity index is 2.38. The molecule has 0 saturated carbocycles. The summed E-state index contributed by atoms with van der Waals surface area (Å²) < 4.78 is 5.84. The van der Waals surface area contributed by atoms with E-state index >= 15 is 0 Å². The third-order valence-corrected chi connectivity index (χ3v) is 12.6. The second-order valence-electron chi connectivity index (χ2n) is 8.01. The van der Waals surface area contributed by atoms with Gasteiger partial charge in [0.25, 0.3) is 8.32 Å². The smallest absolute Gasteiger partial charge is 0.258 e. The van der Waals surface area contributed by atoms with Gasteiger partial charge >= 0.3 is 0 Å². The third-order valence-electron chi connectivity index (χ3n) is 5.54. The number of aldehydes is 1. The van der Waals surface area contributed by atoms with Gasteiger partial charge in [-0.05, 0) is 52.0 Å². The molecule has 0 N–H and O–H groups in total. The number of benzene rings is 1. The van der Waals surface area contributed by atoms with Crippen molar-refractivity contribution in [3.8, 4) is 5.75 Å². The third kappa shape index (κ3) is 4.19. The fraction of sp³-hybridized carbons (Fsp3) is 0.455. The number of hydrogen-bond donors (Lipinski definition) is 0. The molecule has 1 aromatic carbocycles. The van der Waals surface area contributed by atoms with Gasteiger partial charge in [0.2, 0.25) is 0 Å². The number of carbonyl (C=O) groups excluding carboxylic acids is 1. The van der Waals surface area contributed by atoms with E-state index in [2.05, 4.69) is 62.5 Å². The molecule has 5 heteroatoms. The molecule has 0 fully saturated rings. The van der Waals surface area contributed by atoms with Crippen LogP contribution >= 0.6 is 15.9 Å². The van der Waals surface area contributed by atoms with Crippen molar-refractivity contribution in [3.05, 3.63) is 59.9 Å². The van der Waals surface area contributed by atoms with Crippen molar-refractivity contribution in [1.29, 1.82) is 0 Å². The molecule has 0 aliphatic carbocycles. The van der Waals surface area contributed by atoms with Gasteiger partial charge < -0.3 is 9.22 Å². The summed E-state index contributed by atoms with van der Waals surface area (Å²) in [5, 5.41) is 0. The van der Waals surface area contributed by atoms with Crippen molar-refractivity contribution in [2.24, 2.45) is 0 Å². The normalized spacial score (nSPS) is 14.4. The molecule has 1 atom stereocenters. The second-order valence-corrected chi connectivity index (χ2v) is 14.6. The molecule has 0 radical (unpaired) electrons. The zero-order valence-corrected chi connectivity index (χ0v) is 19.7. The summed E-state index contributed by atoms with van der Waals surface area (Å²) in [5.41, 5.74) is 3.27. The Morgan fingerprint density at radius 1 is 0.889 bits per heavy atom. The summed E-state index contributed by atoms with van der Waals surface area (Å²) in [6.07, 6.45) is 4.31. The SMILES string of the molecule is CC(C)[Si](Oc1ccc(C(Br)(C=O)c2ccncc2)cc1)(C(C)C)C(C)C. The zero-order valence-electron chi connectivity index (χ0n) is 17.1. The lowest BCUT2D eigenvalue weighted by Crippen LogP contribution is -2.50. The average Bonchev–Trinajstić information content (AvgIpc) is 2.65. The topological polar surface area (TPSA) is 39.2 Å². The summed E-state index contributed by atoms with van der Waals surface area (Å²) in [5.74, 6) is 0.886. The predicted octanol–water partition coefficient (Wildman–Crippen LogP) is 6.47. The van der Waals surface area contributed by atoms with Gasteiger partial charge in [-0.1, -0.05) is 69.6 Å². The van der Waals surface area contributed by atoms with Gasteiger partial charge in [-0.15, -0.1) is 0 Å². The Kier molecular flexibility index (Phi) is 7.03. The van der Waals surface area contributed by atoms with E-state index in [1.165, 1.54) is 0 Å². The van der Waals surface area contributed by atoms with Crippen LogP contribution in [0.1, 0.15) is 52.7 Å². The van der Waals surface area contributed by atoms with Crippen molar-refractivity contribution in [2.75, 3.05) is 0 Å².